The molecule has 1 N–H and O–H groups in total. The van der Waals surface area contributed by atoms with E-state index in [2.05, 4.69) is 0 Å². The van der Waals surface area contributed by atoms with Crippen molar-refractivity contribution in [3.8, 4) is 0 Å². The predicted octanol–water partition coefficient (Wildman–Crippen LogP) is 0.279. The Morgan fingerprint density at radius 2 is 2.42 bits per heavy atom. The molecule has 2 atom stereocenters. The third kappa shape index (κ3) is 2.77. The van der Waals surface area contributed by atoms with Crippen LogP contribution >= 0.6 is 0 Å². The molecule has 1 aliphatic rings. The van der Waals surface area contributed by atoms with Gasteiger partial charge in [-0.1, -0.05) is 0 Å². The number of carbonyl (C=O) groups is 2. The number of ether oxygens (including phenoxy) is 2. The summed E-state index contributed by atoms with van der Waals surface area (Å²) >= 11 is 0. The maximum Gasteiger partial charge on any atom is 0.335 e. The Morgan fingerprint density at radius 3 is 3.00 bits per heavy atom. The number of hydrogen-bond acceptors (Lipinski definition) is 5. The number of amides is 1. The second-order valence-electron chi connectivity index (χ2n) is 4.11. The molecule has 1 aromatic rings. The van der Waals surface area contributed by atoms with Gasteiger partial charge in [-0.2, -0.15) is 0 Å². The molecule has 2 rings (SSSR count). The third-order valence-corrected chi connectivity index (χ3v) is 2.94. The van der Waals surface area contributed by atoms with Gasteiger partial charge >= 0.3 is 5.97 Å². The van der Waals surface area contributed by atoms with E-state index in [9.17, 15) is 14.7 Å². The van der Waals surface area contributed by atoms with Crippen LogP contribution in [-0.4, -0.2) is 54.9 Å². The van der Waals surface area contributed by atoms with Gasteiger partial charge in [0, 0.05) is 13.7 Å². The number of furan rings is 1. The van der Waals surface area contributed by atoms with Gasteiger partial charge in [0.1, 0.15) is 18.4 Å². The van der Waals surface area contributed by atoms with Crippen LogP contribution in [0.1, 0.15) is 11.8 Å². The van der Waals surface area contributed by atoms with E-state index in [4.69, 9.17) is 13.9 Å². The van der Waals surface area contributed by atoms with E-state index in [-0.39, 0.29) is 19.1 Å². The van der Waals surface area contributed by atoms with Gasteiger partial charge in [0.05, 0.1) is 12.9 Å². The van der Waals surface area contributed by atoms with Gasteiger partial charge < -0.3 is 23.9 Å². The first kappa shape index (κ1) is 13.6. The molecule has 1 fully saturated rings. The molecule has 0 aliphatic carbocycles. The van der Waals surface area contributed by atoms with Gasteiger partial charge in [-0.05, 0) is 12.1 Å². The van der Waals surface area contributed by atoms with Gasteiger partial charge in [0.2, 0.25) is 5.91 Å². The van der Waals surface area contributed by atoms with Crippen LogP contribution in [0.5, 0.6) is 0 Å². The molecule has 0 radical (unpaired) electrons. The van der Waals surface area contributed by atoms with Gasteiger partial charge in [0.15, 0.2) is 6.10 Å². The number of carboxylic acid groups (broad SMARTS) is 1. The Bertz CT molecular complexity index is 443. The SMILES string of the molecule is COCCN1C(=O)COC(C(=O)O)C1c1ccco1. The molecule has 19 heavy (non-hydrogen) atoms. The van der Waals surface area contributed by atoms with Crippen molar-refractivity contribution >= 4 is 11.9 Å². The van der Waals surface area contributed by atoms with Crippen LogP contribution < -0.4 is 0 Å². The zero-order chi connectivity index (χ0) is 13.8. The lowest BCUT2D eigenvalue weighted by Gasteiger charge is -2.37. The average Bonchev–Trinajstić information content (AvgIpc) is 2.90. The van der Waals surface area contributed by atoms with Crippen molar-refractivity contribution in [2.75, 3.05) is 26.9 Å². The molecule has 1 saturated heterocycles. The van der Waals surface area contributed by atoms with Crippen LogP contribution in [0.2, 0.25) is 0 Å². The highest BCUT2D eigenvalue weighted by Gasteiger charge is 2.43. The van der Waals surface area contributed by atoms with E-state index in [0.29, 0.717) is 12.4 Å². The van der Waals surface area contributed by atoms with Crippen molar-refractivity contribution in [3.05, 3.63) is 24.2 Å². The highest BCUT2D eigenvalue weighted by atomic mass is 16.5. The first-order chi connectivity index (χ1) is 9.15. The van der Waals surface area contributed by atoms with Crippen LogP contribution in [0.4, 0.5) is 0 Å². The molecule has 2 unspecified atom stereocenters. The molecule has 104 valence electrons. The first-order valence-corrected chi connectivity index (χ1v) is 5.81. The molecule has 7 nitrogen and oxygen atoms in total. The second kappa shape index (κ2) is 5.85. The molecular formula is C12H15NO6. The number of methoxy groups -OCH3 is 1. The van der Waals surface area contributed by atoms with Gasteiger partial charge in [0.25, 0.3) is 0 Å². The number of nitrogens with zero attached hydrogens (tertiary/aromatic N) is 1. The van der Waals surface area contributed by atoms with Crippen molar-refractivity contribution < 1.29 is 28.6 Å². The lowest BCUT2D eigenvalue weighted by molar-refractivity contribution is -0.175. The molecule has 1 amide bonds. The minimum atomic E-state index is -1.14. The summed E-state index contributed by atoms with van der Waals surface area (Å²) in [5.41, 5.74) is 0. The summed E-state index contributed by atoms with van der Waals surface area (Å²) < 4.78 is 15.3. The van der Waals surface area contributed by atoms with Crippen molar-refractivity contribution in [1.82, 2.24) is 4.90 Å². The summed E-state index contributed by atoms with van der Waals surface area (Å²) in [5, 5.41) is 9.20. The zero-order valence-electron chi connectivity index (χ0n) is 10.4. The Labute approximate surface area is 109 Å². The Hall–Kier alpha value is -1.86. The van der Waals surface area contributed by atoms with E-state index in [1.54, 1.807) is 12.1 Å². The van der Waals surface area contributed by atoms with E-state index in [0.717, 1.165) is 0 Å². The molecule has 1 aromatic heterocycles. The molecule has 0 aromatic carbocycles. The van der Waals surface area contributed by atoms with Crippen LogP contribution in [0.25, 0.3) is 0 Å². The summed E-state index contributed by atoms with van der Waals surface area (Å²) in [6.45, 7) is 0.348. The van der Waals surface area contributed by atoms with Crippen molar-refractivity contribution in [2.45, 2.75) is 12.1 Å². The summed E-state index contributed by atoms with van der Waals surface area (Å²) in [5.74, 6) is -1.02. The number of hydrogen-bond donors (Lipinski definition) is 1. The van der Waals surface area contributed by atoms with Crippen LogP contribution in [0.3, 0.4) is 0 Å². The largest absolute Gasteiger partial charge is 0.479 e. The highest BCUT2D eigenvalue weighted by molar-refractivity contribution is 5.82. The Morgan fingerprint density at radius 1 is 1.63 bits per heavy atom. The highest BCUT2D eigenvalue weighted by Crippen LogP contribution is 2.30. The normalized spacial score (nSPS) is 23.6. The number of rotatable bonds is 5. The zero-order valence-corrected chi connectivity index (χ0v) is 10.4. The van der Waals surface area contributed by atoms with Crippen molar-refractivity contribution in [3.63, 3.8) is 0 Å². The van der Waals surface area contributed by atoms with E-state index in [1.807, 2.05) is 0 Å². The summed E-state index contributed by atoms with van der Waals surface area (Å²) in [6.07, 6.45) is 0.294. The lowest BCUT2D eigenvalue weighted by Crippen LogP contribution is -2.52. The van der Waals surface area contributed by atoms with Crippen LogP contribution in [0.15, 0.2) is 22.8 Å². The fourth-order valence-corrected chi connectivity index (χ4v) is 2.08. The number of aliphatic carboxylic acids is 1. The average molecular weight is 269 g/mol. The monoisotopic (exact) mass is 269 g/mol. The minimum Gasteiger partial charge on any atom is -0.479 e. The summed E-state index contributed by atoms with van der Waals surface area (Å²) in [7, 11) is 1.52. The molecule has 2 heterocycles. The van der Waals surface area contributed by atoms with Gasteiger partial charge in [-0.25, -0.2) is 4.79 Å². The Kier molecular flexibility index (Phi) is 4.18. The summed E-state index contributed by atoms with van der Waals surface area (Å²) in [4.78, 5) is 24.6. The number of carbonyl (C=O) groups excluding carboxylic acids is 1. The molecule has 0 bridgehead atoms. The maximum atomic E-state index is 11.9. The maximum absolute atomic E-state index is 11.9. The van der Waals surface area contributed by atoms with Crippen molar-refractivity contribution in [2.24, 2.45) is 0 Å². The number of carboxylic acids is 1. The standard InChI is InChI=1S/C12H15NO6/c1-17-6-4-13-9(14)7-19-11(12(15)16)10(13)8-3-2-5-18-8/h2-3,5,10-11H,4,6-7H2,1H3,(H,15,16). The van der Waals surface area contributed by atoms with Gasteiger partial charge in [-0.3, -0.25) is 4.79 Å². The first-order valence-electron chi connectivity index (χ1n) is 5.81. The van der Waals surface area contributed by atoms with E-state index >= 15 is 0 Å². The van der Waals surface area contributed by atoms with E-state index in [1.165, 1.54) is 18.3 Å². The molecule has 0 saturated carbocycles. The molecular weight excluding hydrogens is 254 g/mol. The minimum absolute atomic E-state index is 0.252. The van der Waals surface area contributed by atoms with Crippen LogP contribution in [0, 0.1) is 0 Å². The topological polar surface area (TPSA) is 89.2 Å². The molecule has 0 spiro atoms. The van der Waals surface area contributed by atoms with Crippen LogP contribution in [-0.2, 0) is 19.1 Å². The predicted molar refractivity (Wildman–Crippen MR) is 62.4 cm³/mol. The lowest BCUT2D eigenvalue weighted by atomic mass is 10.0. The fraction of sp³-hybridized carbons (Fsp3) is 0.500. The third-order valence-electron chi connectivity index (χ3n) is 2.94. The van der Waals surface area contributed by atoms with E-state index < -0.39 is 18.1 Å². The van der Waals surface area contributed by atoms with Gasteiger partial charge in [-0.15, -0.1) is 0 Å². The fourth-order valence-electron chi connectivity index (χ4n) is 2.08. The second-order valence-corrected chi connectivity index (χ2v) is 4.11. The smallest absolute Gasteiger partial charge is 0.335 e. The quantitative estimate of drug-likeness (QED) is 0.825. The molecule has 1 aliphatic heterocycles. The molecule has 7 heteroatoms. The number of morpholine rings is 1. The Balaban J connectivity index is 2.29. The van der Waals surface area contributed by atoms with Crippen molar-refractivity contribution in [1.29, 1.82) is 0 Å². The summed E-state index contributed by atoms with van der Waals surface area (Å²) in [6, 6.07) is 2.49.